The Labute approximate surface area is 185 Å². The Morgan fingerprint density at radius 3 is 2.20 bits per heavy atom. The van der Waals surface area contributed by atoms with Crippen LogP contribution in [-0.4, -0.2) is 38.5 Å². The average Bonchev–Trinajstić information content (AvgIpc) is 2.75. The molecule has 0 aromatic heterocycles. The molecule has 1 N–H and O–H groups in total. The molecule has 0 aliphatic heterocycles. The molecule has 0 bridgehead atoms. The van der Waals surface area contributed by atoms with Crippen molar-refractivity contribution in [3.05, 3.63) is 78.9 Å². The number of anilines is 1. The van der Waals surface area contributed by atoms with Crippen molar-refractivity contribution in [2.75, 3.05) is 25.2 Å². The molecular weight excluding hydrogens is 436 g/mol. The molecule has 1 amide bonds. The maximum Gasteiger partial charge on any atom is 0.243 e. The second kappa shape index (κ2) is 10.2. The van der Waals surface area contributed by atoms with Gasteiger partial charge in [-0.15, -0.1) is 11.8 Å². The van der Waals surface area contributed by atoms with Crippen LogP contribution in [0, 0.1) is 0 Å². The number of carbonyl (C=O) groups excluding carboxylic acids is 1. The van der Waals surface area contributed by atoms with E-state index >= 15 is 0 Å². The van der Waals surface area contributed by atoms with Gasteiger partial charge in [0.15, 0.2) is 0 Å². The van der Waals surface area contributed by atoms with Gasteiger partial charge in [0.25, 0.3) is 0 Å². The van der Waals surface area contributed by atoms with Crippen LogP contribution in [0.5, 0.6) is 0 Å². The Hall–Kier alpha value is -2.26. The SMILES string of the molecule is CSc1ccc(S(=O)(=O)N(C)CC(=O)Nc2ccccc2Sc2ccccc2)cc1. The van der Waals surface area contributed by atoms with Gasteiger partial charge in [-0.25, -0.2) is 8.42 Å². The second-order valence-electron chi connectivity index (χ2n) is 6.40. The van der Waals surface area contributed by atoms with Gasteiger partial charge in [0.2, 0.25) is 15.9 Å². The highest BCUT2D eigenvalue weighted by Crippen LogP contribution is 2.33. The molecule has 0 aliphatic rings. The smallest absolute Gasteiger partial charge is 0.243 e. The molecule has 3 aromatic rings. The van der Waals surface area contributed by atoms with E-state index in [1.54, 1.807) is 30.3 Å². The molecule has 3 aromatic carbocycles. The molecule has 5 nitrogen and oxygen atoms in total. The van der Waals surface area contributed by atoms with Crippen molar-refractivity contribution in [3.63, 3.8) is 0 Å². The molecule has 0 saturated heterocycles. The lowest BCUT2D eigenvalue weighted by atomic mass is 10.3. The van der Waals surface area contributed by atoms with E-state index in [1.807, 2.05) is 54.8 Å². The van der Waals surface area contributed by atoms with Gasteiger partial charge in [-0.1, -0.05) is 42.1 Å². The maximum atomic E-state index is 12.8. The summed E-state index contributed by atoms with van der Waals surface area (Å²) in [7, 11) is -2.35. The van der Waals surface area contributed by atoms with E-state index in [9.17, 15) is 13.2 Å². The largest absolute Gasteiger partial charge is 0.324 e. The highest BCUT2D eigenvalue weighted by atomic mass is 32.2. The molecule has 0 fully saturated rings. The van der Waals surface area contributed by atoms with E-state index in [2.05, 4.69) is 5.32 Å². The van der Waals surface area contributed by atoms with Crippen molar-refractivity contribution in [2.45, 2.75) is 19.6 Å². The number of amides is 1. The summed E-state index contributed by atoms with van der Waals surface area (Å²) in [6.07, 6.45) is 1.92. The summed E-state index contributed by atoms with van der Waals surface area (Å²) in [6, 6.07) is 23.9. The van der Waals surface area contributed by atoms with Crippen molar-refractivity contribution >= 4 is 45.1 Å². The van der Waals surface area contributed by atoms with Crippen molar-refractivity contribution in [3.8, 4) is 0 Å². The summed E-state index contributed by atoms with van der Waals surface area (Å²) < 4.78 is 26.6. The molecule has 156 valence electrons. The average molecular weight is 459 g/mol. The lowest BCUT2D eigenvalue weighted by molar-refractivity contribution is -0.116. The Balaban J connectivity index is 1.69. The van der Waals surface area contributed by atoms with E-state index in [1.165, 1.54) is 30.6 Å². The first-order chi connectivity index (χ1) is 14.4. The number of nitrogens with zero attached hydrogens (tertiary/aromatic N) is 1. The molecule has 0 saturated carbocycles. The number of benzene rings is 3. The summed E-state index contributed by atoms with van der Waals surface area (Å²) in [6.45, 7) is -0.281. The summed E-state index contributed by atoms with van der Waals surface area (Å²) in [5.41, 5.74) is 0.645. The first kappa shape index (κ1) is 22.4. The maximum absolute atomic E-state index is 12.8. The van der Waals surface area contributed by atoms with Crippen LogP contribution in [0.1, 0.15) is 0 Å². The molecule has 0 heterocycles. The number of sulfonamides is 1. The van der Waals surface area contributed by atoms with Crippen molar-refractivity contribution in [2.24, 2.45) is 0 Å². The first-order valence-corrected chi connectivity index (χ1v) is 12.6. The highest BCUT2D eigenvalue weighted by Gasteiger charge is 2.23. The standard InChI is InChI=1S/C22H22N2O3S3/c1-24(30(26,27)19-14-12-17(28-2)13-15-19)16-22(25)23-20-10-6-7-11-21(20)29-18-8-4-3-5-9-18/h3-15H,16H2,1-2H3,(H,23,25). The monoisotopic (exact) mass is 458 g/mol. The lowest BCUT2D eigenvalue weighted by Crippen LogP contribution is -2.35. The predicted octanol–water partition coefficient (Wildman–Crippen LogP) is 4.82. The first-order valence-electron chi connectivity index (χ1n) is 9.12. The van der Waals surface area contributed by atoms with Crippen LogP contribution in [0.4, 0.5) is 5.69 Å². The van der Waals surface area contributed by atoms with Gasteiger partial charge in [0.05, 0.1) is 17.1 Å². The summed E-state index contributed by atoms with van der Waals surface area (Å²) >= 11 is 3.07. The minimum absolute atomic E-state index is 0.163. The number of para-hydroxylation sites is 1. The van der Waals surface area contributed by atoms with E-state index in [0.717, 1.165) is 19.0 Å². The molecule has 0 spiro atoms. The van der Waals surface area contributed by atoms with Gasteiger partial charge in [-0.05, 0) is 54.8 Å². The number of carbonyl (C=O) groups is 1. The van der Waals surface area contributed by atoms with Crippen molar-refractivity contribution in [1.82, 2.24) is 4.31 Å². The van der Waals surface area contributed by atoms with Crippen LogP contribution in [0.3, 0.4) is 0 Å². The molecule has 3 rings (SSSR count). The number of hydrogen-bond donors (Lipinski definition) is 1. The molecule has 0 atom stereocenters. The van der Waals surface area contributed by atoms with Gasteiger partial charge >= 0.3 is 0 Å². The van der Waals surface area contributed by atoms with Gasteiger partial charge in [0, 0.05) is 21.7 Å². The van der Waals surface area contributed by atoms with E-state index in [-0.39, 0.29) is 11.4 Å². The Morgan fingerprint density at radius 1 is 0.900 bits per heavy atom. The van der Waals surface area contributed by atoms with Crippen LogP contribution in [0.15, 0.2) is 98.4 Å². The van der Waals surface area contributed by atoms with Crippen LogP contribution in [0.25, 0.3) is 0 Å². The Kier molecular flexibility index (Phi) is 7.60. The lowest BCUT2D eigenvalue weighted by Gasteiger charge is -2.18. The number of thioether (sulfide) groups is 1. The summed E-state index contributed by atoms with van der Waals surface area (Å²) in [5.74, 6) is -0.400. The summed E-state index contributed by atoms with van der Waals surface area (Å²) in [4.78, 5) is 15.6. The highest BCUT2D eigenvalue weighted by molar-refractivity contribution is 7.99. The predicted molar refractivity (Wildman–Crippen MR) is 124 cm³/mol. The minimum atomic E-state index is -3.75. The van der Waals surface area contributed by atoms with Crippen LogP contribution >= 0.6 is 23.5 Å². The zero-order valence-corrected chi connectivity index (χ0v) is 19.1. The van der Waals surface area contributed by atoms with E-state index in [4.69, 9.17) is 0 Å². The fraction of sp³-hybridized carbons (Fsp3) is 0.136. The normalized spacial score (nSPS) is 11.4. The van der Waals surface area contributed by atoms with Gasteiger partial charge in [-0.2, -0.15) is 4.31 Å². The number of nitrogens with one attached hydrogen (secondary N) is 1. The Bertz CT molecular complexity index is 1100. The zero-order valence-electron chi connectivity index (χ0n) is 16.6. The molecular formula is C22H22N2O3S3. The fourth-order valence-electron chi connectivity index (χ4n) is 2.68. The summed E-state index contributed by atoms with van der Waals surface area (Å²) in [5, 5.41) is 2.83. The van der Waals surface area contributed by atoms with Crippen LogP contribution < -0.4 is 5.32 Å². The topological polar surface area (TPSA) is 66.5 Å². The number of likely N-dealkylation sites (N-methyl/N-ethyl adjacent to an activating group) is 1. The molecule has 0 aliphatic carbocycles. The minimum Gasteiger partial charge on any atom is -0.324 e. The van der Waals surface area contributed by atoms with E-state index in [0.29, 0.717) is 5.69 Å². The van der Waals surface area contributed by atoms with E-state index < -0.39 is 15.9 Å². The fourth-order valence-corrected chi connectivity index (χ4v) is 5.14. The van der Waals surface area contributed by atoms with Crippen molar-refractivity contribution < 1.29 is 13.2 Å². The quantitative estimate of drug-likeness (QED) is 0.490. The zero-order chi connectivity index (χ0) is 21.6. The molecule has 8 heteroatoms. The third-order valence-corrected chi connectivity index (χ3v) is 7.91. The van der Waals surface area contributed by atoms with Crippen LogP contribution in [0.2, 0.25) is 0 Å². The third kappa shape index (κ3) is 5.66. The van der Waals surface area contributed by atoms with Gasteiger partial charge < -0.3 is 5.32 Å². The Morgan fingerprint density at radius 2 is 1.53 bits per heavy atom. The third-order valence-electron chi connectivity index (χ3n) is 4.27. The second-order valence-corrected chi connectivity index (χ2v) is 10.4. The molecule has 0 radical (unpaired) electrons. The number of hydrogen-bond acceptors (Lipinski definition) is 5. The number of rotatable bonds is 8. The van der Waals surface area contributed by atoms with Gasteiger partial charge in [-0.3, -0.25) is 4.79 Å². The van der Waals surface area contributed by atoms with Crippen molar-refractivity contribution in [1.29, 1.82) is 0 Å². The molecule has 0 unspecified atom stereocenters. The molecule has 30 heavy (non-hydrogen) atoms. The van der Waals surface area contributed by atoms with Crippen LogP contribution in [-0.2, 0) is 14.8 Å². The van der Waals surface area contributed by atoms with Gasteiger partial charge in [0.1, 0.15) is 0 Å².